The highest BCUT2D eigenvalue weighted by Gasteiger charge is 2.15. The normalized spacial score (nSPS) is 13.0. The first-order valence-electron chi connectivity index (χ1n) is 10.00. The van der Waals surface area contributed by atoms with Gasteiger partial charge in [-0.15, -0.1) is 10.2 Å². The van der Waals surface area contributed by atoms with Gasteiger partial charge in [-0.3, -0.25) is 4.79 Å². The van der Waals surface area contributed by atoms with Crippen LogP contribution in [0.15, 0.2) is 47.6 Å². The van der Waals surface area contributed by atoms with Gasteiger partial charge in [-0.25, -0.2) is 0 Å². The second kappa shape index (κ2) is 10.1. The molecule has 0 spiro atoms. The molecule has 7 nitrogen and oxygen atoms in total. The Morgan fingerprint density at radius 1 is 1.16 bits per heavy atom. The lowest BCUT2D eigenvalue weighted by atomic mass is 10.1. The number of aromatic nitrogens is 3. The van der Waals surface area contributed by atoms with Gasteiger partial charge in [-0.1, -0.05) is 47.6 Å². The SMILES string of the molecule is Cn1c(Cc2ccc3c(c2)OCCCO3)nnc1SCC(=O)NCc1ccccc1Cl. The molecule has 1 aliphatic heterocycles. The van der Waals surface area contributed by atoms with Crippen molar-refractivity contribution in [3.8, 4) is 11.5 Å². The molecule has 1 N–H and O–H groups in total. The lowest BCUT2D eigenvalue weighted by molar-refractivity contribution is -0.118. The molecule has 0 radical (unpaired) electrons. The van der Waals surface area contributed by atoms with E-state index < -0.39 is 0 Å². The van der Waals surface area contributed by atoms with Gasteiger partial charge in [0, 0.05) is 31.5 Å². The molecule has 162 valence electrons. The number of hydrogen-bond acceptors (Lipinski definition) is 6. The van der Waals surface area contributed by atoms with E-state index in [1.54, 1.807) is 0 Å². The summed E-state index contributed by atoms with van der Waals surface area (Å²) in [5.41, 5.74) is 1.95. The average Bonchev–Trinajstić information content (AvgIpc) is 2.97. The predicted octanol–water partition coefficient (Wildman–Crippen LogP) is 3.63. The van der Waals surface area contributed by atoms with Crippen LogP contribution in [0.5, 0.6) is 11.5 Å². The van der Waals surface area contributed by atoms with E-state index in [4.69, 9.17) is 21.1 Å². The molecule has 0 unspecified atom stereocenters. The van der Waals surface area contributed by atoms with E-state index in [9.17, 15) is 4.79 Å². The molecule has 0 bridgehead atoms. The van der Waals surface area contributed by atoms with Gasteiger partial charge in [0.1, 0.15) is 5.82 Å². The van der Waals surface area contributed by atoms with Crippen LogP contribution in [0.2, 0.25) is 5.02 Å². The molecular weight excluding hydrogens is 436 g/mol. The Hall–Kier alpha value is -2.71. The smallest absolute Gasteiger partial charge is 0.230 e. The number of carbonyl (C=O) groups excluding carboxylic acids is 1. The van der Waals surface area contributed by atoms with Crippen molar-refractivity contribution >= 4 is 29.3 Å². The molecule has 1 aliphatic rings. The topological polar surface area (TPSA) is 78.3 Å². The third kappa shape index (κ3) is 5.51. The molecule has 4 rings (SSSR count). The molecule has 2 heterocycles. The minimum absolute atomic E-state index is 0.0858. The Labute approximate surface area is 190 Å². The standard InChI is InChI=1S/C22H23ClN4O3S/c1-27-20(12-15-7-8-18-19(11-15)30-10-4-9-29-18)25-26-22(27)31-14-21(28)24-13-16-5-2-3-6-17(16)23/h2-3,5-8,11H,4,9-10,12-14H2,1H3,(H,24,28). The van der Waals surface area contributed by atoms with Gasteiger partial charge in [0.15, 0.2) is 16.7 Å². The predicted molar refractivity (Wildman–Crippen MR) is 120 cm³/mol. The number of amides is 1. The summed E-state index contributed by atoms with van der Waals surface area (Å²) in [7, 11) is 1.91. The second-order valence-electron chi connectivity index (χ2n) is 7.12. The summed E-state index contributed by atoms with van der Waals surface area (Å²) in [5, 5.41) is 12.7. The van der Waals surface area contributed by atoms with Crippen LogP contribution in [0.4, 0.5) is 0 Å². The van der Waals surface area contributed by atoms with Gasteiger partial charge in [0.2, 0.25) is 5.91 Å². The summed E-state index contributed by atoms with van der Waals surface area (Å²) < 4.78 is 13.4. The summed E-state index contributed by atoms with van der Waals surface area (Å²) in [5.74, 6) is 2.52. The van der Waals surface area contributed by atoms with E-state index >= 15 is 0 Å². The Balaban J connectivity index is 1.32. The summed E-state index contributed by atoms with van der Waals surface area (Å²) in [6, 6.07) is 13.4. The van der Waals surface area contributed by atoms with E-state index in [-0.39, 0.29) is 11.7 Å². The van der Waals surface area contributed by atoms with Crippen molar-refractivity contribution in [3.05, 3.63) is 64.4 Å². The van der Waals surface area contributed by atoms with Gasteiger partial charge in [0.05, 0.1) is 19.0 Å². The fraction of sp³-hybridized carbons (Fsp3) is 0.318. The fourth-order valence-corrected chi connectivity index (χ4v) is 4.10. The minimum atomic E-state index is -0.0858. The lowest BCUT2D eigenvalue weighted by Gasteiger charge is -2.09. The monoisotopic (exact) mass is 458 g/mol. The van der Waals surface area contributed by atoms with Crippen LogP contribution in [0.25, 0.3) is 0 Å². The number of nitrogens with one attached hydrogen (secondary N) is 1. The molecule has 1 amide bonds. The number of rotatable bonds is 7. The van der Waals surface area contributed by atoms with E-state index in [2.05, 4.69) is 15.5 Å². The molecule has 0 atom stereocenters. The van der Waals surface area contributed by atoms with E-state index in [1.165, 1.54) is 11.8 Å². The molecular formula is C22H23ClN4O3S. The first-order chi connectivity index (χ1) is 15.1. The van der Waals surface area contributed by atoms with E-state index in [0.29, 0.717) is 36.4 Å². The van der Waals surface area contributed by atoms with Gasteiger partial charge >= 0.3 is 0 Å². The van der Waals surface area contributed by atoms with Crippen LogP contribution in [0.3, 0.4) is 0 Å². The van der Waals surface area contributed by atoms with Crippen molar-refractivity contribution < 1.29 is 14.3 Å². The highest BCUT2D eigenvalue weighted by Crippen LogP contribution is 2.31. The number of halogens is 1. The third-order valence-corrected chi connectivity index (χ3v) is 6.25. The molecule has 2 aromatic carbocycles. The molecule has 0 aliphatic carbocycles. The number of hydrogen-bond donors (Lipinski definition) is 1. The summed E-state index contributed by atoms with van der Waals surface area (Å²) >= 11 is 7.48. The molecule has 1 aromatic heterocycles. The Morgan fingerprint density at radius 3 is 2.81 bits per heavy atom. The van der Waals surface area contributed by atoms with Gasteiger partial charge in [0.25, 0.3) is 0 Å². The summed E-state index contributed by atoms with van der Waals surface area (Å²) in [6.45, 7) is 1.72. The lowest BCUT2D eigenvalue weighted by Crippen LogP contribution is -2.24. The van der Waals surface area contributed by atoms with Crippen molar-refractivity contribution in [3.63, 3.8) is 0 Å². The quantitative estimate of drug-likeness (QED) is 0.545. The number of ether oxygens (including phenoxy) is 2. The highest BCUT2D eigenvalue weighted by molar-refractivity contribution is 7.99. The third-order valence-electron chi connectivity index (χ3n) is 4.87. The summed E-state index contributed by atoms with van der Waals surface area (Å²) in [4.78, 5) is 12.2. The largest absolute Gasteiger partial charge is 0.490 e. The van der Waals surface area contributed by atoms with Crippen LogP contribution in [-0.2, 0) is 24.8 Å². The Morgan fingerprint density at radius 2 is 1.97 bits per heavy atom. The number of thioether (sulfide) groups is 1. The fourth-order valence-electron chi connectivity index (χ4n) is 3.14. The van der Waals surface area contributed by atoms with Crippen LogP contribution < -0.4 is 14.8 Å². The van der Waals surface area contributed by atoms with Gasteiger partial charge < -0.3 is 19.4 Å². The zero-order chi connectivity index (χ0) is 21.6. The first kappa shape index (κ1) is 21.5. The molecule has 0 saturated heterocycles. The first-order valence-corrected chi connectivity index (χ1v) is 11.4. The number of carbonyl (C=O) groups is 1. The van der Waals surface area contributed by atoms with Crippen molar-refractivity contribution in [2.75, 3.05) is 19.0 Å². The van der Waals surface area contributed by atoms with Crippen LogP contribution in [0, 0.1) is 0 Å². The van der Waals surface area contributed by atoms with Crippen molar-refractivity contribution in [1.82, 2.24) is 20.1 Å². The molecule has 9 heteroatoms. The minimum Gasteiger partial charge on any atom is -0.490 e. The maximum Gasteiger partial charge on any atom is 0.230 e. The average molecular weight is 459 g/mol. The summed E-state index contributed by atoms with van der Waals surface area (Å²) in [6.07, 6.45) is 1.49. The number of fused-ring (bicyclic) bond motifs is 1. The highest BCUT2D eigenvalue weighted by atomic mass is 35.5. The maximum absolute atomic E-state index is 12.2. The van der Waals surface area contributed by atoms with Crippen LogP contribution in [-0.4, -0.2) is 39.6 Å². The van der Waals surface area contributed by atoms with E-state index in [0.717, 1.165) is 34.9 Å². The van der Waals surface area contributed by atoms with Crippen LogP contribution >= 0.6 is 23.4 Å². The van der Waals surface area contributed by atoms with E-state index in [1.807, 2.05) is 54.1 Å². The maximum atomic E-state index is 12.2. The molecule has 3 aromatic rings. The zero-order valence-corrected chi connectivity index (χ0v) is 18.7. The molecule has 31 heavy (non-hydrogen) atoms. The second-order valence-corrected chi connectivity index (χ2v) is 8.47. The van der Waals surface area contributed by atoms with Crippen molar-refractivity contribution in [2.45, 2.75) is 24.5 Å². The van der Waals surface area contributed by atoms with Gasteiger partial charge in [-0.05, 0) is 29.3 Å². The van der Waals surface area contributed by atoms with Gasteiger partial charge in [-0.2, -0.15) is 0 Å². The van der Waals surface area contributed by atoms with Crippen molar-refractivity contribution in [2.24, 2.45) is 7.05 Å². The van der Waals surface area contributed by atoms with Crippen LogP contribution in [0.1, 0.15) is 23.4 Å². The van der Waals surface area contributed by atoms with Crippen molar-refractivity contribution in [1.29, 1.82) is 0 Å². The Bertz CT molecular complexity index is 1070. The number of nitrogens with zero attached hydrogens (tertiary/aromatic N) is 3. The molecule has 0 fully saturated rings. The molecule has 0 saturated carbocycles. The Kier molecular flexibility index (Phi) is 6.99. The number of benzene rings is 2. The zero-order valence-electron chi connectivity index (χ0n) is 17.1.